The standard InChI is InChI=1S/C12H16ClN3O2/c1-4-16(8-11(17)15(2)3)12(18)9-7-14-6-5-10(9)13/h5-7H,4,8H2,1-3H3. The SMILES string of the molecule is CCN(CC(=O)N(C)C)C(=O)c1cnccc1Cl. The Labute approximate surface area is 111 Å². The molecule has 0 saturated heterocycles. The van der Waals surface area contributed by atoms with Gasteiger partial charge in [0, 0.05) is 33.0 Å². The molecular weight excluding hydrogens is 254 g/mol. The van der Waals surface area contributed by atoms with Crippen LogP contribution in [0.2, 0.25) is 5.02 Å². The van der Waals surface area contributed by atoms with Crippen LogP contribution in [0.5, 0.6) is 0 Å². The minimum absolute atomic E-state index is 0.0353. The number of pyridine rings is 1. The minimum Gasteiger partial charge on any atom is -0.347 e. The van der Waals surface area contributed by atoms with Crippen LogP contribution in [-0.4, -0.2) is 53.8 Å². The molecule has 0 atom stereocenters. The molecule has 0 radical (unpaired) electrons. The molecule has 1 aromatic heterocycles. The van der Waals surface area contributed by atoms with Gasteiger partial charge >= 0.3 is 0 Å². The van der Waals surface area contributed by atoms with Crippen LogP contribution in [0.4, 0.5) is 0 Å². The number of halogens is 1. The maximum atomic E-state index is 12.2. The molecule has 0 spiro atoms. The Kier molecular flexibility index (Phi) is 5.09. The number of amides is 2. The van der Waals surface area contributed by atoms with Gasteiger partial charge in [0.15, 0.2) is 0 Å². The molecular formula is C12H16ClN3O2. The van der Waals surface area contributed by atoms with E-state index in [0.717, 1.165) is 0 Å². The van der Waals surface area contributed by atoms with E-state index >= 15 is 0 Å². The van der Waals surface area contributed by atoms with Crippen molar-refractivity contribution in [2.75, 3.05) is 27.2 Å². The lowest BCUT2D eigenvalue weighted by atomic mass is 10.2. The molecule has 0 unspecified atom stereocenters. The molecule has 1 aromatic rings. The molecule has 0 aliphatic rings. The van der Waals surface area contributed by atoms with E-state index in [0.29, 0.717) is 17.1 Å². The van der Waals surface area contributed by atoms with Crippen molar-refractivity contribution >= 4 is 23.4 Å². The summed E-state index contributed by atoms with van der Waals surface area (Å²) in [6.45, 7) is 2.28. The molecule has 2 amide bonds. The molecule has 6 heteroatoms. The number of aromatic nitrogens is 1. The molecule has 1 rings (SSSR count). The monoisotopic (exact) mass is 269 g/mol. The number of likely N-dealkylation sites (N-methyl/N-ethyl adjacent to an activating group) is 2. The molecule has 0 aromatic carbocycles. The number of rotatable bonds is 4. The van der Waals surface area contributed by atoms with Crippen molar-refractivity contribution < 1.29 is 9.59 Å². The highest BCUT2D eigenvalue weighted by Gasteiger charge is 2.20. The summed E-state index contributed by atoms with van der Waals surface area (Å²) in [5, 5.41) is 0.339. The summed E-state index contributed by atoms with van der Waals surface area (Å²) in [6.07, 6.45) is 2.92. The Bertz CT molecular complexity index is 449. The van der Waals surface area contributed by atoms with E-state index in [1.165, 1.54) is 22.2 Å². The molecule has 98 valence electrons. The number of carbonyl (C=O) groups is 2. The van der Waals surface area contributed by atoms with Gasteiger partial charge < -0.3 is 9.80 Å². The van der Waals surface area contributed by atoms with Crippen LogP contribution in [0, 0.1) is 0 Å². The van der Waals surface area contributed by atoms with Gasteiger partial charge in [-0.2, -0.15) is 0 Å². The third-order valence-electron chi connectivity index (χ3n) is 2.49. The van der Waals surface area contributed by atoms with Crippen LogP contribution in [0.1, 0.15) is 17.3 Å². The van der Waals surface area contributed by atoms with Crippen molar-refractivity contribution in [2.24, 2.45) is 0 Å². The fraction of sp³-hybridized carbons (Fsp3) is 0.417. The lowest BCUT2D eigenvalue weighted by Gasteiger charge is -2.22. The van der Waals surface area contributed by atoms with Gasteiger partial charge in [-0.05, 0) is 13.0 Å². The Hall–Kier alpha value is -1.62. The van der Waals surface area contributed by atoms with Gasteiger partial charge in [-0.3, -0.25) is 14.6 Å². The van der Waals surface area contributed by atoms with E-state index in [4.69, 9.17) is 11.6 Å². The smallest absolute Gasteiger partial charge is 0.257 e. The Morgan fingerprint density at radius 2 is 2.06 bits per heavy atom. The second kappa shape index (κ2) is 6.35. The van der Waals surface area contributed by atoms with E-state index in [1.54, 1.807) is 20.2 Å². The van der Waals surface area contributed by atoms with Gasteiger partial charge in [-0.1, -0.05) is 11.6 Å². The molecule has 0 fully saturated rings. The summed E-state index contributed by atoms with van der Waals surface area (Å²) in [7, 11) is 3.30. The number of nitrogens with zero attached hydrogens (tertiary/aromatic N) is 3. The molecule has 0 saturated carbocycles. The Morgan fingerprint density at radius 3 is 2.56 bits per heavy atom. The quantitative estimate of drug-likeness (QED) is 0.828. The molecule has 1 heterocycles. The first kappa shape index (κ1) is 14.4. The topological polar surface area (TPSA) is 53.5 Å². The number of hydrogen-bond acceptors (Lipinski definition) is 3. The maximum absolute atomic E-state index is 12.2. The maximum Gasteiger partial charge on any atom is 0.257 e. The second-order valence-electron chi connectivity index (χ2n) is 3.96. The van der Waals surface area contributed by atoms with Gasteiger partial charge in [-0.25, -0.2) is 0 Å². The van der Waals surface area contributed by atoms with Gasteiger partial charge in [0.05, 0.1) is 17.1 Å². The van der Waals surface area contributed by atoms with Crippen molar-refractivity contribution in [3.8, 4) is 0 Å². The molecule has 5 nitrogen and oxygen atoms in total. The molecule has 18 heavy (non-hydrogen) atoms. The highest BCUT2D eigenvalue weighted by Crippen LogP contribution is 2.15. The molecule has 0 aliphatic carbocycles. The summed E-state index contributed by atoms with van der Waals surface area (Å²) in [5.74, 6) is -0.420. The van der Waals surface area contributed by atoms with E-state index in [2.05, 4.69) is 4.98 Å². The zero-order valence-corrected chi connectivity index (χ0v) is 11.4. The van der Waals surface area contributed by atoms with E-state index in [9.17, 15) is 9.59 Å². The van der Waals surface area contributed by atoms with E-state index in [1.807, 2.05) is 6.92 Å². The van der Waals surface area contributed by atoms with Gasteiger partial charge in [0.1, 0.15) is 0 Å². The third kappa shape index (κ3) is 3.43. The molecule has 0 aliphatic heterocycles. The van der Waals surface area contributed by atoms with Crippen molar-refractivity contribution in [1.29, 1.82) is 0 Å². The van der Waals surface area contributed by atoms with Crippen LogP contribution in [0.3, 0.4) is 0 Å². The number of hydrogen-bond donors (Lipinski definition) is 0. The fourth-order valence-electron chi connectivity index (χ4n) is 1.34. The summed E-state index contributed by atoms with van der Waals surface area (Å²) in [6, 6.07) is 1.55. The highest BCUT2D eigenvalue weighted by molar-refractivity contribution is 6.33. The van der Waals surface area contributed by atoms with E-state index in [-0.39, 0.29) is 18.4 Å². The van der Waals surface area contributed by atoms with Crippen LogP contribution >= 0.6 is 11.6 Å². The zero-order chi connectivity index (χ0) is 13.7. The van der Waals surface area contributed by atoms with Crippen LogP contribution in [-0.2, 0) is 4.79 Å². The summed E-state index contributed by atoms with van der Waals surface area (Å²) < 4.78 is 0. The van der Waals surface area contributed by atoms with Gasteiger partial charge in [0.25, 0.3) is 5.91 Å². The predicted octanol–water partition coefficient (Wildman–Crippen LogP) is 1.29. The lowest BCUT2D eigenvalue weighted by Crippen LogP contribution is -2.40. The molecule has 0 bridgehead atoms. The van der Waals surface area contributed by atoms with Crippen molar-refractivity contribution in [2.45, 2.75) is 6.92 Å². The first-order valence-electron chi connectivity index (χ1n) is 5.56. The average molecular weight is 270 g/mol. The Balaban J connectivity index is 2.87. The summed E-state index contributed by atoms with van der Waals surface area (Å²) in [5.41, 5.74) is 0.313. The van der Waals surface area contributed by atoms with Crippen LogP contribution < -0.4 is 0 Å². The second-order valence-corrected chi connectivity index (χ2v) is 4.37. The minimum atomic E-state index is -0.286. The van der Waals surface area contributed by atoms with Crippen molar-refractivity contribution in [3.05, 3.63) is 29.0 Å². The molecule has 0 N–H and O–H groups in total. The van der Waals surface area contributed by atoms with Crippen molar-refractivity contribution in [3.63, 3.8) is 0 Å². The predicted molar refractivity (Wildman–Crippen MR) is 69.5 cm³/mol. The van der Waals surface area contributed by atoms with Gasteiger partial charge in [0.2, 0.25) is 5.91 Å². The van der Waals surface area contributed by atoms with Crippen molar-refractivity contribution in [1.82, 2.24) is 14.8 Å². The fourth-order valence-corrected chi connectivity index (χ4v) is 1.52. The summed E-state index contributed by atoms with van der Waals surface area (Å²) >= 11 is 5.94. The van der Waals surface area contributed by atoms with E-state index < -0.39 is 0 Å². The van der Waals surface area contributed by atoms with Gasteiger partial charge in [-0.15, -0.1) is 0 Å². The number of carbonyl (C=O) groups excluding carboxylic acids is 2. The van der Waals surface area contributed by atoms with Crippen LogP contribution in [0.25, 0.3) is 0 Å². The Morgan fingerprint density at radius 1 is 1.39 bits per heavy atom. The highest BCUT2D eigenvalue weighted by atomic mass is 35.5. The first-order chi connectivity index (χ1) is 8.47. The third-order valence-corrected chi connectivity index (χ3v) is 2.82. The largest absolute Gasteiger partial charge is 0.347 e. The normalized spacial score (nSPS) is 10.0. The van der Waals surface area contributed by atoms with Crippen LogP contribution in [0.15, 0.2) is 18.5 Å². The summed E-state index contributed by atoms with van der Waals surface area (Å²) in [4.78, 5) is 30.6. The zero-order valence-electron chi connectivity index (χ0n) is 10.7. The average Bonchev–Trinajstić information content (AvgIpc) is 2.35. The lowest BCUT2D eigenvalue weighted by molar-refractivity contribution is -0.129. The first-order valence-corrected chi connectivity index (χ1v) is 5.94.